The summed E-state index contributed by atoms with van der Waals surface area (Å²) < 4.78 is 1.04. The van der Waals surface area contributed by atoms with Gasteiger partial charge in [0.15, 0.2) is 0 Å². The van der Waals surface area contributed by atoms with Crippen LogP contribution in [-0.4, -0.2) is 22.9 Å². The van der Waals surface area contributed by atoms with Gasteiger partial charge in [0, 0.05) is 17.1 Å². The van der Waals surface area contributed by atoms with Crippen molar-refractivity contribution >= 4 is 34.2 Å². The Morgan fingerprint density at radius 1 is 1.56 bits per heavy atom. The molecule has 1 saturated carbocycles. The number of nitrogens with two attached hydrogens (primary N) is 1. The third kappa shape index (κ3) is 3.97. The Morgan fingerprint density at radius 2 is 2.22 bits per heavy atom. The topological polar surface area (TPSA) is 46.3 Å². The molecule has 1 fully saturated rings. The molecule has 3 nitrogen and oxygen atoms in total. The van der Waals surface area contributed by atoms with Crippen molar-refractivity contribution in [2.75, 3.05) is 0 Å². The van der Waals surface area contributed by atoms with Crippen molar-refractivity contribution < 1.29 is 4.79 Å². The molecular weight excluding hydrogens is 316 g/mol. The summed E-state index contributed by atoms with van der Waals surface area (Å²) in [6, 6.07) is 8.03. The van der Waals surface area contributed by atoms with Gasteiger partial charge in [0.05, 0.1) is 6.04 Å². The number of carbonyl (C=O) groups excluding carboxylic acids is 1. The van der Waals surface area contributed by atoms with Gasteiger partial charge >= 0.3 is 0 Å². The fourth-order valence-electron chi connectivity index (χ4n) is 1.87. The van der Waals surface area contributed by atoms with Crippen LogP contribution in [-0.2, 0) is 11.3 Å². The van der Waals surface area contributed by atoms with Gasteiger partial charge in [-0.3, -0.25) is 4.79 Å². The van der Waals surface area contributed by atoms with Gasteiger partial charge < -0.3 is 10.6 Å². The molecule has 2 rings (SSSR count). The van der Waals surface area contributed by atoms with Gasteiger partial charge in [-0.05, 0) is 37.5 Å². The van der Waals surface area contributed by atoms with Gasteiger partial charge in [0.1, 0.15) is 0 Å². The lowest BCUT2D eigenvalue weighted by molar-refractivity contribution is -0.133. The van der Waals surface area contributed by atoms with E-state index in [9.17, 15) is 4.79 Å². The summed E-state index contributed by atoms with van der Waals surface area (Å²) in [6.45, 7) is 2.41. The first-order chi connectivity index (χ1) is 8.08. The molecule has 0 spiro atoms. The smallest absolute Gasteiger partial charge is 0.239 e. The molecule has 1 aromatic carbocycles. The van der Waals surface area contributed by atoms with Gasteiger partial charge in [-0.1, -0.05) is 28.1 Å². The summed E-state index contributed by atoms with van der Waals surface area (Å²) in [5.41, 5.74) is 6.82. The maximum absolute atomic E-state index is 12.0. The summed E-state index contributed by atoms with van der Waals surface area (Å²) in [7, 11) is 0. The van der Waals surface area contributed by atoms with E-state index in [0.29, 0.717) is 12.6 Å². The van der Waals surface area contributed by atoms with Crippen LogP contribution in [0, 0.1) is 0 Å². The number of nitrogens with zero attached hydrogens (tertiary/aromatic N) is 1. The van der Waals surface area contributed by atoms with Crippen molar-refractivity contribution in [3.8, 4) is 0 Å². The minimum Gasteiger partial charge on any atom is -0.334 e. The van der Waals surface area contributed by atoms with Gasteiger partial charge in [0.25, 0.3) is 0 Å². The minimum absolute atomic E-state index is 0. The number of rotatable bonds is 4. The fourth-order valence-corrected chi connectivity index (χ4v) is 2.31. The van der Waals surface area contributed by atoms with Crippen molar-refractivity contribution in [2.24, 2.45) is 5.73 Å². The number of hydrogen-bond acceptors (Lipinski definition) is 2. The second kappa shape index (κ2) is 6.55. The van der Waals surface area contributed by atoms with Crippen molar-refractivity contribution in [3.05, 3.63) is 34.3 Å². The molecule has 2 N–H and O–H groups in total. The fraction of sp³-hybridized carbons (Fsp3) is 0.462. The largest absolute Gasteiger partial charge is 0.334 e. The Hall–Kier alpha value is -0.580. The molecule has 1 aliphatic carbocycles. The van der Waals surface area contributed by atoms with E-state index in [-0.39, 0.29) is 18.3 Å². The van der Waals surface area contributed by atoms with E-state index in [1.807, 2.05) is 29.2 Å². The Balaban J connectivity index is 0.00000162. The molecule has 1 aromatic rings. The number of hydrogen-bond donors (Lipinski definition) is 1. The van der Waals surface area contributed by atoms with Crippen molar-refractivity contribution in [2.45, 2.75) is 38.4 Å². The highest BCUT2D eigenvalue weighted by molar-refractivity contribution is 9.10. The number of carbonyl (C=O) groups is 1. The van der Waals surface area contributed by atoms with E-state index in [2.05, 4.69) is 15.9 Å². The summed E-state index contributed by atoms with van der Waals surface area (Å²) >= 11 is 3.44. The minimum atomic E-state index is -0.414. The van der Waals surface area contributed by atoms with E-state index in [4.69, 9.17) is 5.73 Å². The SMILES string of the molecule is C[C@@H](N)C(=O)N(Cc1cccc(Br)c1)C1CC1.Cl. The molecule has 0 saturated heterocycles. The first kappa shape index (κ1) is 15.5. The van der Waals surface area contributed by atoms with E-state index in [1.165, 1.54) is 0 Å². The van der Waals surface area contributed by atoms with Gasteiger partial charge in [-0.25, -0.2) is 0 Å². The van der Waals surface area contributed by atoms with Crippen LogP contribution in [0.25, 0.3) is 0 Å². The molecule has 0 aromatic heterocycles. The molecular formula is C13H18BrClN2O. The maximum atomic E-state index is 12.0. The summed E-state index contributed by atoms with van der Waals surface area (Å²) in [6.07, 6.45) is 2.21. The first-order valence-electron chi connectivity index (χ1n) is 5.88. The molecule has 0 aliphatic heterocycles. The van der Waals surface area contributed by atoms with Crippen LogP contribution in [0.3, 0.4) is 0 Å². The van der Waals surface area contributed by atoms with E-state index < -0.39 is 6.04 Å². The molecule has 1 atom stereocenters. The quantitative estimate of drug-likeness (QED) is 0.921. The standard InChI is InChI=1S/C13H17BrN2O.ClH/c1-9(15)13(17)16(12-5-6-12)8-10-3-2-4-11(14)7-10;/h2-4,7,9,12H,5-6,8,15H2,1H3;1H/t9-;/m1./s1. The van der Waals surface area contributed by atoms with E-state index in [1.54, 1.807) is 6.92 Å². The summed E-state index contributed by atoms with van der Waals surface area (Å²) in [5.74, 6) is 0.0486. The zero-order valence-corrected chi connectivity index (χ0v) is 12.7. The Labute approximate surface area is 122 Å². The molecule has 1 aliphatic rings. The maximum Gasteiger partial charge on any atom is 0.239 e. The van der Waals surface area contributed by atoms with Crippen LogP contribution in [0.1, 0.15) is 25.3 Å². The second-order valence-corrected chi connectivity index (χ2v) is 5.53. The van der Waals surface area contributed by atoms with Gasteiger partial charge in [0.2, 0.25) is 5.91 Å². The van der Waals surface area contributed by atoms with Crippen LogP contribution >= 0.6 is 28.3 Å². The molecule has 0 unspecified atom stereocenters. The Morgan fingerprint density at radius 3 is 2.72 bits per heavy atom. The third-order valence-electron chi connectivity index (χ3n) is 2.90. The van der Waals surface area contributed by atoms with Crippen molar-refractivity contribution in [1.82, 2.24) is 4.90 Å². The lowest BCUT2D eigenvalue weighted by Crippen LogP contribution is -2.42. The third-order valence-corrected chi connectivity index (χ3v) is 3.40. The normalized spacial score (nSPS) is 15.7. The predicted molar refractivity (Wildman–Crippen MR) is 78.6 cm³/mol. The molecule has 5 heteroatoms. The molecule has 0 bridgehead atoms. The van der Waals surface area contributed by atoms with Gasteiger partial charge in [-0.15, -0.1) is 12.4 Å². The molecule has 0 heterocycles. The average Bonchev–Trinajstić information content (AvgIpc) is 3.09. The number of amides is 1. The van der Waals surface area contributed by atoms with Crippen LogP contribution in [0.2, 0.25) is 0 Å². The van der Waals surface area contributed by atoms with Crippen LogP contribution in [0.4, 0.5) is 0 Å². The van der Waals surface area contributed by atoms with Crippen LogP contribution in [0.5, 0.6) is 0 Å². The van der Waals surface area contributed by atoms with E-state index >= 15 is 0 Å². The predicted octanol–water partition coefficient (Wildman–Crippen LogP) is 2.71. The highest BCUT2D eigenvalue weighted by atomic mass is 79.9. The summed E-state index contributed by atoms with van der Waals surface area (Å²) in [4.78, 5) is 13.9. The zero-order chi connectivity index (χ0) is 12.4. The Kier molecular flexibility index (Phi) is 5.63. The number of halogens is 2. The van der Waals surface area contributed by atoms with Crippen LogP contribution in [0.15, 0.2) is 28.7 Å². The average molecular weight is 334 g/mol. The first-order valence-corrected chi connectivity index (χ1v) is 6.67. The van der Waals surface area contributed by atoms with Crippen molar-refractivity contribution in [3.63, 3.8) is 0 Å². The van der Waals surface area contributed by atoms with Gasteiger partial charge in [-0.2, -0.15) is 0 Å². The Bertz CT molecular complexity index is 421. The van der Waals surface area contributed by atoms with Crippen molar-refractivity contribution in [1.29, 1.82) is 0 Å². The molecule has 18 heavy (non-hydrogen) atoms. The lowest BCUT2D eigenvalue weighted by Gasteiger charge is -2.24. The molecule has 0 radical (unpaired) electrons. The molecule has 1 amide bonds. The highest BCUT2D eigenvalue weighted by Gasteiger charge is 2.33. The second-order valence-electron chi connectivity index (χ2n) is 4.62. The number of benzene rings is 1. The van der Waals surface area contributed by atoms with E-state index in [0.717, 1.165) is 22.9 Å². The zero-order valence-electron chi connectivity index (χ0n) is 10.3. The highest BCUT2D eigenvalue weighted by Crippen LogP contribution is 2.29. The molecule has 100 valence electrons. The summed E-state index contributed by atoms with van der Waals surface area (Å²) in [5, 5.41) is 0. The lowest BCUT2D eigenvalue weighted by atomic mass is 10.2. The van der Waals surface area contributed by atoms with Crippen LogP contribution < -0.4 is 5.73 Å². The monoisotopic (exact) mass is 332 g/mol.